The quantitative estimate of drug-likeness (QED) is 0.878. The van der Waals surface area contributed by atoms with Crippen molar-refractivity contribution in [2.75, 3.05) is 14.2 Å². The number of aromatic amines is 1. The highest BCUT2D eigenvalue weighted by atomic mass is 35.5. The highest BCUT2D eigenvalue weighted by Gasteiger charge is 2.20. The molecule has 8 heteroatoms. The number of rotatable bonds is 4. The van der Waals surface area contributed by atoms with Crippen molar-refractivity contribution in [2.45, 2.75) is 0 Å². The summed E-state index contributed by atoms with van der Waals surface area (Å²) >= 11 is 6.14. The van der Waals surface area contributed by atoms with E-state index in [9.17, 15) is 4.79 Å². The molecule has 0 saturated heterocycles. The van der Waals surface area contributed by atoms with Crippen LogP contribution in [-0.4, -0.2) is 35.5 Å². The minimum Gasteiger partial charge on any atom is -0.493 e. The van der Waals surface area contributed by atoms with E-state index in [-0.39, 0.29) is 11.4 Å². The van der Waals surface area contributed by atoms with E-state index in [1.807, 2.05) is 0 Å². The van der Waals surface area contributed by atoms with Gasteiger partial charge in [-0.25, -0.2) is 0 Å². The van der Waals surface area contributed by atoms with Gasteiger partial charge in [0.15, 0.2) is 17.2 Å². The first-order valence-corrected chi connectivity index (χ1v) is 5.58. The average Bonchev–Trinajstić information content (AvgIpc) is 2.87. The van der Waals surface area contributed by atoms with Crippen molar-refractivity contribution in [3.63, 3.8) is 0 Å². The summed E-state index contributed by atoms with van der Waals surface area (Å²) in [5.74, 6) is 0.232. The Morgan fingerprint density at radius 2 is 1.89 bits per heavy atom. The fourth-order valence-electron chi connectivity index (χ4n) is 1.63. The van der Waals surface area contributed by atoms with Gasteiger partial charge in [-0.05, 0) is 6.07 Å². The van der Waals surface area contributed by atoms with Gasteiger partial charge in [0.05, 0.1) is 19.2 Å². The molecule has 1 aromatic carbocycles. The lowest BCUT2D eigenvalue weighted by molar-refractivity contribution is 0.0996. The summed E-state index contributed by atoms with van der Waals surface area (Å²) in [6, 6.07) is 3.17. The second kappa shape index (κ2) is 5.15. The number of hydrogen-bond acceptors (Lipinski definition) is 5. The number of hydrogen-bond donors (Lipinski definition) is 2. The molecule has 0 bridgehead atoms. The van der Waals surface area contributed by atoms with Crippen LogP contribution in [0.15, 0.2) is 12.1 Å². The van der Waals surface area contributed by atoms with Gasteiger partial charge in [-0.15, -0.1) is 0 Å². The monoisotopic (exact) mass is 282 g/mol. The lowest BCUT2D eigenvalue weighted by Crippen LogP contribution is -2.12. The molecule has 2 rings (SSSR count). The fourth-order valence-corrected chi connectivity index (χ4v) is 1.87. The molecule has 3 N–H and O–H groups in total. The highest BCUT2D eigenvalue weighted by molar-refractivity contribution is 6.33. The second-order valence-electron chi connectivity index (χ2n) is 3.57. The number of ether oxygens (including phenoxy) is 2. The van der Waals surface area contributed by atoms with Crippen LogP contribution >= 0.6 is 11.6 Å². The van der Waals surface area contributed by atoms with E-state index in [1.54, 1.807) is 12.1 Å². The summed E-state index contributed by atoms with van der Waals surface area (Å²) in [6.07, 6.45) is 0. The third kappa shape index (κ3) is 2.32. The Balaban J connectivity index is 2.62. The largest absolute Gasteiger partial charge is 0.493 e. The molecule has 0 fully saturated rings. The maximum Gasteiger partial charge on any atom is 0.271 e. The van der Waals surface area contributed by atoms with Crippen LogP contribution < -0.4 is 15.2 Å². The molecule has 1 aromatic heterocycles. The topological polar surface area (TPSA) is 103 Å². The number of methoxy groups -OCH3 is 2. The molecule has 0 unspecified atom stereocenters. The summed E-state index contributed by atoms with van der Waals surface area (Å²) in [6.45, 7) is 0. The van der Waals surface area contributed by atoms with Crippen LogP contribution in [0.25, 0.3) is 11.3 Å². The van der Waals surface area contributed by atoms with Crippen molar-refractivity contribution >= 4 is 17.5 Å². The molecule has 0 atom stereocenters. The van der Waals surface area contributed by atoms with Crippen molar-refractivity contribution in [3.8, 4) is 22.8 Å². The molecule has 100 valence electrons. The molecule has 0 aliphatic rings. The smallest absolute Gasteiger partial charge is 0.271 e. The molecule has 0 aliphatic heterocycles. The summed E-state index contributed by atoms with van der Waals surface area (Å²) in [5.41, 5.74) is 5.96. The van der Waals surface area contributed by atoms with Crippen LogP contribution in [0.1, 0.15) is 10.5 Å². The Labute approximate surface area is 113 Å². The molecule has 0 aliphatic carbocycles. The van der Waals surface area contributed by atoms with Gasteiger partial charge in [0.25, 0.3) is 5.91 Å². The SMILES string of the molecule is COc1cc(Cl)c(-c2n[nH]nc2C(N)=O)cc1OC. The Morgan fingerprint density at radius 1 is 1.26 bits per heavy atom. The predicted molar refractivity (Wildman–Crippen MR) is 68.5 cm³/mol. The second-order valence-corrected chi connectivity index (χ2v) is 3.98. The van der Waals surface area contributed by atoms with E-state index in [1.165, 1.54) is 14.2 Å². The zero-order valence-corrected chi connectivity index (χ0v) is 11.0. The molecule has 1 amide bonds. The van der Waals surface area contributed by atoms with E-state index in [2.05, 4.69) is 15.4 Å². The zero-order chi connectivity index (χ0) is 14.0. The molecule has 7 nitrogen and oxygen atoms in total. The zero-order valence-electron chi connectivity index (χ0n) is 10.2. The van der Waals surface area contributed by atoms with Gasteiger partial charge in [-0.1, -0.05) is 11.6 Å². The third-order valence-corrected chi connectivity index (χ3v) is 2.82. The summed E-state index contributed by atoms with van der Waals surface area (Å²) < 4.78 is 10.3. The average molecular weight is 283 g/mol. The molecule has 19 heavy (non-hydrogen) atoms. The van der Waals surface area contributed by atoms with E-state index < -0.39 is 5.91 Å². The first kappa shape index (κ1) is 13.2. The number of carbonyl (C=O) groups excluding carboxylic acids is 1. The lowest BCUT2D eigenvalue weighted by Gasteiger charge is -2.10. The molecule has 2 aromatic rings. The van der Waals surface area contributed by atoms with Crippen molar-refractivity contribution in [1.29, 1.82) is 0 Å². The number of amides is 1. The number of nitrogens with two attached hydrogens (primary N) is 1. The van der Waals surface area contributed by atoms with Gasteiger partial charge in [-0.2, -0.15) is 15.4 Å². The van der Waals surface area contributed by atoms with E-state index in [4.69, 9.17) is 26.8 Å². The molecule has 0 saturated carbocycles. The van der Waals surface area contributed by atoms with Crippen LogP contribution in [-0.2, 0) is 0 Å². The molecule has 0 spiro atoms. The number of nitrogens with one attached hydrogen (secondary N) is 1. The molecular weight excluding hydrogens is 272 g/mol. The highest BCUT2D eigenvalue weighted by Crippen LogP contribution is 2.38. The number of halogens is 1. The minimum absolute atomic E-state index is 0.00844. The number of H-pyrrole nitrogens is 1. The first-order chi connectivity index (χ1) is 9.08. The van der Waals surface area contributed by atoms with Crippen molar-refractivity contribution in [3.05, 3.63) is 22.8 Å². The third-order valence-electron chi connectivity index (χ3n) is 2.51. The van der Waals surface area contributed by atoms with Crippen LogP contribution in [0.3, 0.4) is 0 Å². The lowest BCUT2D eigenvalue weighted by atomic mass is 10.1. The summed E-state index contributed by atoms with van der Waals surface area (Å²) in [5, 5.41) is 10.3. The van der Waals surface area contributed by atoms with Crippen LogP contribution in [0.4, 0.5) is 0 Å². The van der Waals surface area contributed by atoms with Crippen molar-refractivity contribution in [1.82, 2.24) is 15.4 Å². The maximum atomic E-state index is 11.2. The number of nitrogens with zero attached hydrogens (tertiary/aromatic N) is 2. The number of aromatic nitrogens is 3. The van der Waals surface area contributed by atoms with Crippen molar-refractivity contribution in [2.24, 2.45) is 5.73 Å². The van der Waals surface area contributed by atoms with Crippen LogP contribution in [0.5, 0.6) is 11.5 Å². The van der Waals surface area contributed by atoms with Gasteiger partial charge in [0.1, 0.15) is 5.69 Å². The van der Waals surface area contributed by atoms with E-state index in [0.717, 1.165) is 0 Å². The molecule has 1 heterocycles. The van der Waals surface area contributed by atoms with Gasteiger partial charge < -0.3 is 15.2 Å². The molecular formula is C11H11ClN4O3. The standard InChI is InChI=1S/C11H11ClN4O3/c1-18-7-3-5(6(12)4-8(7)19-2)9-10(11(13)17)15-16-14-9/h3-4H,1-2H3,(H2,13,17)(H,14,15,16). The summed E-state index contributed by atoms with van der Waals surface area (Å²) in [4.78, 5) is 11.2. The van der Waals surface area contributed by atoms with Gasteiger partial charge in [-0.3, -0.25) is 4.79 Å². The van der Waals surface area contributed by atoms with Gasteiger partial charge in [0, 0.05) is 11.6 Å². The van der Waals surface area contributed by atoms with Gasteiger partial charge >= 0.3 is 0 Å². The van der Waals surface area contributed by atoms with Crippen LogP contribution in [0, 0.1) is 0 Å². The fraction of sp³-hybridized carbons (Fsp3) is 0.182. The Kier molecular flexibility index (Phi) is 3.57. The van der Waals surface area contributed by atoms with Crippen molar-refractivity contribution < 1.29 is 14.3 Å². The number of benzene rings is 1. The molecule has 0 radical (unpaired) electrons. The Hall–Kier alpha value is -2.28. The predicted octanol–water partition coefficient (Wildman–Crippen LogP) is 1.24. The minimum atomic E-state index is -0.699. The Morgan fingerprint density at radius 3 is 2.47 bits per heavy atom. The number of carbonyl (C=O) groups is 1. The Bertz CT molecular complexity index is 626. The number of primary amides is 1. The van der Waals surface area contributed by atoms with Crippen LogP contribution in [0.2, 0.25) is 5.02 Å². The van der Waals surface area contributed by atoms with Gasteiger partial charge in [0.2, 0.25) is 0 Å². The van der Waals surface area contributed by atoms with E-state index in [0.29, 0.717) is 22.1 Å². The summed E-state index contributed by atoms with van der Waals surface area (Å²) in [7, 11) is 2.99. The normalized spacial score (nSPS) is 10.3. The van der Waals surface area contributed by atoms with E-state index >= 15 is 0 Å². The maximum absolute atomic E-state index is 11.2. The first-order valence-electron chi connectivity index (χ1n) is 5.21.